The number of hydrogen-bond donors (Lipinski definition) is 0. The molecular weight excluding hydrogens is 506 g/mol. The number of aryl methyl sites for hydroxylation is 2. The molecule has 7 rings (SSSR count). The van der Waals surface area contributed by atoms with Crippen LogP contribution in [0.1, 0.15) is 68.8 Å². The first-order valence-electron chi connectivity index (χ1n) is 14.0. The number of hydrogen-bond acceptors (Lipinski definition) is 6. The van der Waals surface area contributed by atoms with Gasteiger partial charge in [-0.3, -0.25) is 14.4 Å². The molecule has 0 N–H and O–H groups in total. The molecule has 5 fully saturated rings. The summed E-state index contributed by atoms with van der Waals surface area (Å²) in [5.41, 5.74) is 2.70. The Labute approximate surface area is 228 Å². The van der Waals surface area contributed by atoms with Gasteiger partial charge >= 0.3 is 5.82 Å². The van der Waals surface area contributed by atoms with Crippen LogP contribution in [-0.4, -0.2) is 66.4 Å². The Hall–Kier alpha value is -2.46. The smallest absolute Gasteiger partial charge is 0.358 e. The van der Waals surface area contributed by atoms with Crippen molar-refractivity contribution in [1.29, 1.82) is 0 Å². The van der Waals surface area contributed by atoms with E-state index in [0.29, 0.717) is 24.0 Å². The van der Waals surface area contributed by atoms with Crippen LogP contribution in [0.5, 0.6) is 0 Å². The van der Waals surface area contributed by atoms with Crippen LogP contribution in [0, 0.1) is 41.2 Å². The molecule has 3 heterocycles. The highest BCUT2D eigenvalue weighted by Crippen LogP contribution is 2.65. The molecule has 5 aliphatic rings. The minimum atomic E-state index is -0.484. The van der Waals surface area contributed by atoms with Gasteiger partial charge < -0.3 is 15.0 Å². The number of rotatable bonds is 7. The molecule has 4 bridgehead atoms. The van der Waals surface area contributed by atoms with Gasteiger partial charge in [0.05, 0.1) is 22.0 Å². The fourth-order valence-corrected chi connectivity index (χ4v) is 8.80. The number of nitro groups is 1. The van der Waals surface area contributed by atoms with E-state index < -0.39 is 4.92 Å². The molecule has 10 nitrogen and oxygen atoms in total. The van der Waals surface area contributed by atoms with Crippen molar-refractivity contribution in [3.8, 4) is 0 Å². The lowest BCUT2D eigenvalue weighted by molar-refractivity contribution is -0.389. The van der Waals surface area contributed by atoms with E-state index in [1.165, 1.54) is 12.0 Å². The minimum Gasteiger partial charge on any atom is -0.358 e. The Balaban J connectivity index is 1.14. The van der Waals surface area contributed by atoms with E-state index >= 15 is 0 Å². The Kier molecular flexibility index (Phi) is 6.33. The van der Waals surface area contributed by atoms with E-state index in [1.807, 2.05) is 16.3 Å². The molecule has 11 heteroatoms. The monoisotopic (exact) mass is 543 g/mol. The Morgan fingerprint density at radius 2 is 1.82 bits per heavy atom. The van der Waals surface area contributed by atoms with Crippen LogP contribution >= 0.6 is 11.6 Å². The largest absolute Gasteiger partial charge is 0.408 e. The van der Waals surface area contributed by atoms with Gasteiger partial charge in [0, 0.05) is 57.4 Å². The zero-order valence-electron chi connectivity index (χ0n) is 22.7. The third kappa shape index (κ3) is 4.33. The van der Waals surface area contributed by atoms with Gasteiger partial charge in [0.2, 0.25) is 5.91 Å². The SMILES string of the molecule is CCn1cc(CN2CCN(C(=O)CC34CC5CC(C3)CC(n3nc([N+](=O)[O-])c(Cl)c3C)(C5)C4)CC2)c(C)n1. The average molecular weight is 544 g/mol. The molecule has 1 saturated heterocycles. The van der Waals surface area contributed by atoms with Crippen molar-refractivity contribution in [3.63, 3.8) is 0 Å². The Morgan fingerprint density at radius 3 is 2.39 bits per heavy atom. The number of halogens is 1. The van der Waals surface area contributed by atoms with Crippen LogP contribution in [0.3, 0.4) is 0 Å². The number of carbonyl (C=O) groups excluding carboxylic acids is 1. The van der Waals surface area contributed by atoms with Crippen LogP contribution in [0.2, 0.25) is 5.02 Å². The first kappa shape index (κ1) is 25.8. The number of carbonyl (C=O) groups is 1. The van der Waals surface area contributed by atoms with Crippen molar-refractivity contribution < 1.29 is 9.72 Å². The first-order valence-corrected chi connectivity index (χ1v) is 14.4. The maximum Gasteiger partial charge on any atom is 0.408 e. The highest BCUT2D eigenvalue weighted by atomic mass is 35.5. The first-order chi connectivity index (χ1) is 18.1. The van der Waals surface area contributed by atoms with Crippen LogP contribution in [0.15, 0.2) is 6.20 Å². The van der Waals surface area contributed by atoms with E-state index in [0.717, 1.165) is 77.1 Å². The zero-order valence-corrected chi connectivity index (χ0v) is 23.4. The lowest BCUT2D eigenvalue weighted by Crippen LogP contribution is -2.58. The highest BCUT2D eigenvalue weighted by Gasteiger charge is 2.61. The summed E-state index contributed by atoms with van der Waals surface area (Å²) in [7, 11) is 0. The number of piperazine rings is 1. The molecule has 1 amide bonds. The van der Waals surface area contributed by atoms with Crippen LogP contribution in [0.4, 0.5) is 5.82 Å². The molecule has 2 unspecified atom stereocenters. The summed E-state index contributed by atoms with van der Waals surface area (Å²) < 4.78 is 3.87. The average Bonchev–Trinajstić information content (AvgIpc) is 3.37. The predicted molar refractivity (Wildman–Crippen MR) is 143 cm³/mol. The molecule has 1 aliphatic heterocycles. The molecule has 2 atom stereocenters. The molecule has 2 aromatic rings. The highest BCUT2D eigenvalue weighted by molar-refractivity contribution is 6.33. The van der Waals surface area contributed by atoms with Gasteiger partial charge in [0.15, 0.2) is 5.02 Å². The number of amides is 1. The summed E-state index contributed by atoms with van der Waals surface area (Å²) in [6.45, 7) is 11.0. The van der Waals surface area contributed by atoms with E-state index in [9.17, 15) is 14.9 Å². The fraction of sp³-hybridized carbons (Fsp3) is 0.741. The number of nitrogens with zero attached hydrogens (tertiary/aromatic N) is 7. The fourth-order valence-electron chi connectivity index (χ4n) is 8.61. The van der Waals surface area contributed by atoms with Crippen molar-refractivity contribution in [1.82, 2.24) is 29.4 Å². The molecule has 4 aliphatic carbocycles. The molecule has 4 saturated carbocycles. The zero-order chi connectivity index (χ0) is 26.8. The second-order valence-electron chi connectivity index (χ2n) is 12.5. The third-order valence-corrected chi connectivity index (χ3v) is 10.3. The number of aromatic nitrogens is 4. The molecule has 38 heavy (non-hydrogen) atoms. The molecule has 2 aromatic heterocycles. The quantitative estimate of drug-likeness (QED) is 0.381. The summed E-state index contributed by atoms with van der Waals surface area (Å²) in [4.78, 5) is 29.2. The topological polar surface area (TPSA) is 102 Å². The van der Waals surface area contributed by atoms with E-state index in [1.54, 1.807) is 0 Å². The van der Waals surface area contributed by atoms with E-state index in [2.05, 4.69) is 40.0 Å². The Morgan fingerprint density at radius 1 is 1.13 bits per heavy atom. The Bertz CT molecular complexity index is 1250. The lowest BCUT2D eigenvalue weighted by atomic mass is 9.46. The maximum absolute atomic E-state index is 13.7. The third-order valence-electron chi connectivity index (χ3n) is 9.82. The van der Waals surface area contributed by atoms with Crippen molar-refractivity contribution in [2.75, 3.05) is 26.2 Å². The van der Waals surface area contributed by atoms with Gasteiger partial charge in [-0.15, -0.1) is 0 Å². The van der Waals surface area contributed by atoms with Gasteiger partial charge in [0.1, 0.15) is 0 Å². The predicted octanol–water partition coefficient (Wildman–Crippen LogP) is 4.31. The molecule has 206 valence electrons. The second kappa shape index (κ2) is 9.33. The maximum atomic E-state index is 13.7. The van der Waals surface area contributed by atoms with Crippen LogP contribution in [0.25, 0.3) is 0 Å². The van der Waals surface area contributed by atoms with Crippen molar-refractivity contribution in [3.05, 3.63) is 38.3 Å². The standard InChI is InChI=1S/C27H38ClN7O3/c1-4-33-16-22(18(2)29-33)15-31-5-7-32(8-6-31)23(36)14-26-10-20-9-21(11-26)13-27(12-20,17-26)34-19(3)24(28)25(30-34)35(37)38/h16,20-21H,4-15,17H2,1-3H3. The summed E-state index contributed by atoms with van der Waals surface area (Å²) in [6, 6.07) is 0. The van der Waals surface area contributed by atoms with Crippen molar-refractivity contribution in [2.45, 2.75) is 84.3 Å². The summed E-state index contributed by atoms with van der Waals surface area (Å²) in [5, 5.41) is 20.7. The molecule has 0 aromatic carbocycles. The second-order valence-corrected chi connectivity index (χ2v) is 12.9. The van der Waals surface area contributed by atoms with Gasteiger partial charge in [-0.2, -0.15) is 9.78 Å². The summed E-state index contributed by atoms with van der Waals surface area (Å²) in [5.74, 6) is 1.09. The summed E-state index contributed by atoms with van der Waals surface area (Å²) >= 11 is 6.36. The van der Waals surface area contributed by atoms with Gasteiger partial charge in [0.25, 0.3) is 0 Å². The van der Waals surface area contributed by atoms with Crippen LogP contribution in [-0.2, 0) is 23.4 Å². The van der Waals surface area contributed by atoms with Gasteiger partial charge in [-0.25, -0.2) is 0 Å². The lowest BCUT2D eigenvalue weighted by Gasteiger charge is -2.61. The van der Waals surface area contributed by atoms with Crippen molar-refractivity contribution in [2.24, 2.45) is 17.3 Å². The van der Waals surface area contributed by atoms with E-state index in [4.69, 9.17) is 11.6 Å². The molecule has 0 radical (unpaired) electrons. The van der Waals surface area contributed by atoms with Crippen LogP contribution < -0.4 is 0 Å². The van der Waals surface area contributed by atoms with Gasteiger partial charge in [-0.1, -0.05) is 11.6 Å². The van der Waals surface area contributed by atoms with E-state index in [-0.39, 0.29) is 27.7 Å². The van der Waals surface area contributed by atoms with Gasteiger partial charge in [-0.05, 0) is 81.5 Å². The normalized spacial score (nSPS) is 30.8. The van der Waals surface area contributed by atoms with Crippen molar-refractivity contribution >= 4 is 23.3 Å². The molecular formula is C27H38ClN7O3. The molecule has 0 spiro atoms. The summed E-state index contributed by atoms with van der Waals surface area (Å²) in [6.07, 6.45) is 8.86. The minimum absolute atomic E-state index is 0.0518.